The second-order valence-electron chi connectivity index (χ2n) is 5.71. The van der Waals surface area contributed by atoms with E-state index in [0.29, 0.717) is 12.6 Å². The van der Waals surface area contributed by atoms with Crippen molar-refractivity contribution in [1.82, 2.24) is 20.4 Å². The summed E-state index contributed by atoms with van der Waals surface area (Å²) in [7, 11) is 0. The van der Waals surface area contributed by atoms with E-state index >= 15 is 0 Å². The van der Waals surface area contributed by atoms with Crippen molar-refractivity contribution in [3.8, 4) is 0 Å². The molecular weight excluding hydrogens is 240 g/mol. The Balaban J connectivity index is 1.63. The lowest BCUT2D eigenvalue weighted by atomic mass is 10.0. The lowest BCUT2D eigenvalue weighted by Gasteiger charge is -2.33. The van der Waals surface area contributed by atoms with E-state index < -0.39 is 0 Å². The topological polar surface area (TPSA) is 47.6 Å². The van der Waals surface area contributed by atoms with Crippen molar-refractivity contribution in [1.29, 1.82) is 0 Å². The molecule has 0 bridgehead atoms. The van der Waals surface area contributed by atoms with Crippen LogP contribution in [0.3, 0.4) is 0 Å². The molecule has 5 heteroatoms. The van der Waals surface area contributed by atoms with Gasteiger partial charge in [0.1, 0.15) is 0 Å². The highest BCUT2D eigenvalue weighted by Crippen LogP contribution is 2.10. The molecule has 2 aliphatic rings. The van der Waals surface area contributed by atoms with Gasteiger partial charge in [0, 0.05) is 45.3 Å². The third-order valence-electron chi connectivity index (χ3n) is 4.07. The number of likely N-dealkylation sites (tertiary alicyclic amines) is 1. The molecule has 0 aromatic heterocycles. The highest BCUT2D eigenvalue weighted by Gasteiger charge is 2.21. The van der Waals surface area contributed by atoms with Crippen molar-refractivity contribution < 1.29 is 4.79 Å². The van der Waals surface area contributed by atoms with Gasteiger partial charge < -0.3 is 15.5 Å². The first-order chi connectivity index (χ1) is 9.28. The van der Waals surface area contributed by atoms with Crippen LogP contribution in [0.15, 0.2) is 0 Å². The molecule has 0 radical (unpaired) electrons. The van der Waals surface area contributed by atoms with Gasteiger partial charge in [-0.1, -0.05) is 6.92 Å². The SMILES string of the molecule is CCCN1CCC(NC(=O)CN2CCNCC2)CC1. The van der Waals surface area contributed by atoms with Gasteiger partial charge in [0.15, 0.2) is 0 Å². The number of hydrogen-bond acceptors (Lipinski definition) is 4. The van der Waals surface area contributed by atoms with Gasteiger partial charge in [0.05, 0.1) is 6.54 Å². The van der Waals surface area contributed by atoms with E-state index in [1.54, 1.807) is 0 Å². The first-order valence-corrected chi connectivity index (χ1v) is 7.72. The minimum absolute atomic E-state index is 0.204. The van der Waals surface area contributed by atoms with Gasteiger partial charge in [-0.2, -0.15) is 0 Å². The quantitative estimate of drug-likeness (QED) is 0.730. The second kappa shape index (κ2) is 7.82. The van der Waals surface area contributed by atoms with Crippen LogP contribution in [0, 0.1) is 0 Å². The molecule has 0 aliphatic carbocycles. The maximum absolute atomic E-state index is 12.0. The number of carbonyl (C=O) groups excluding carboxylic acids is 1. The first kappa shape index (κ1) is 14.8. The molecule has 0 saturated carbocycles. The molecule has 0 aromatic rings. The maximum Gasteiger partial charge on any atom is 0.234 e. The monoisotopic (exact) mass is 268 g/mol. The Morgan fingerprint density at radius 3 is 2.47 bits per heavy atom. The van der Waals surface area contributed by atoms with Gasteiger partial charge in [0.2, 0.25) is 5.91 Å². The summed E-state index contributed by atoms with van der Waals surface area (Å²) in [6.45, 7) is 10.2. The third kappa shape index (κ3) is 5.09. The largest absolute Gasteiger partial charge is 0.352 e. The summed E-state index contributed by atoms with van der Waals surface area (Å²) in [4.78, 5) is 16.7. The summed E-state index contributed by atoms with van der Waals surface area (Å²) in [6.07, 6.45) is 3.43. The Bertz CT molecular complexity index is 271. The number of piperazine rings is 1. The maximum atomic E-state index is 12.0. The van der Waals surface area contributed by atoms with Crippen LogP contribution in [0.1, 0.15) is 26.2 Å². The van der Waals surface area contributed by atoms with E-state index in [4.69, 9.17) is 0 Å². The van der Waals surface area contributed by atoms with E-state index in [2.05, 4.69) is 27.4 Å². The number of nitrogens with one attached hydrogen (secondary N) is 2. The molecule has 2 rings (SSSR count). The van der Waals surface area contributed by atoms with Crippen LogP contribution in [0.2, 0.25) is 0 Å². The Morgan fingerprint density at radius 1 is 1.16 bits per heavy atom. The first-order valence-electron chi connectivity index (χ1n) is 7.72. The number of amides is 1. The minimum Gasteiger partial charge on any atom is -0.352 e. The minimum atomic E-state index is 0.204. The van der Waals surface area contributed by atoms with Gasteiger partial charge in [-0.05, 0) is 25.8 Å². The van der Waals surface area contributed by atoms with Gasteiger partial charge in [-0.15, -0.1) is 0 Å². The highest BCUT2D eigenvalue weighted by atomic mass is 16.2. The lowest BCUT2D eigenvalue weighted by molar-refractivity contribution is -0.123. The zero-order valence-corrected chi connectivity index (χ0v) is 12.2. The van der Waals surface area contributed by atoms with Crippen LogP contribution in [0.5, 0.6) is 0 Å². The lowest BCUT2D eigenvalue weighted by Crippen LogP contribution is -2.50. The standard InChI is InChI=1S/C14H28N4O/c1-2-7-17-8-3-13(4-9-17)16-14(19)12-18-10-5-15-6-11-18/h13,15H,2-12H2,1H3,(H,16,19). The van der Waals surface area contributed by atoms with E-state index in [9.17, 15) is 4.79 Å². The Labute approximate surface area is 116 Å². The third-order valence-corrected chi connectivity index (χ3v) is 4.07. The number of piperidine rings is 1. The molecule has 2 fully saturated rings. The summed E-state index contributed by atoms with van der Waals surface area (Å²) in [5, 5.41) is 6.51. The van der Waals surface area contributed by atoms with E-state index in [1.807, 2.05) is 0 Å². The van der Waals surface area contributed by atoms with E-state index in [-0.39, 0.29) is 5.91 Å². The second-order valence-corrected chi connectivity index (χ2v) is 5.71. The average molecular weight is 268 g/mol. The summed E-state index contributed by atoms with van der Waals surface area (Å²) in [6, 6.07) is 0.392. The van der Waals surface area contributed by atoms with E-state index in [0.717, 1.165) is 52.1 Å². The zero-order chi connectivity index (χ0) is 13.5. The average Bonchev–Trinajstić information content (AvgIpc) is 2.42. The van der Waals surface area contributed by atoms with Gasteiger partial charge in [0.25, 0.3) is 0 Å². The van der Waals surface area contributed by atoms with Crippen LogP contribution in [0.25, 0.3) is 0 Å². The van der Waals surface area contributed by atoms with Gasteiger partial charge in [-0.25, -0.2) is 0 Å². The number of nitrogens with zero attached hydrogens (tertiary/aromatic N) is 2. The van der Waals surface area contributed by atoms with Crippen molar-refractivity contribution in [2.75, 3.05) is 52.4 Å². The Kier molecular flexibility index (Phi) is 6.07. The predicted octanol–water partition coefficient (Wildman–Crippen LogP) is -0.118. The van der Waals surface area contributed by atoms with Crippen LogP contribution in [-0.4, -0.2) is 74.1 Å². The molecule has 0 unspecified atom stereocenters. The Hall–Kier alpha value is -0.650. The molecule has 0 aromatic carbocycles. The number of rotatable bonds is 5. The van der Waals surface area contributed by atoms with Crippen molar-refractivity contribution >= 4 is 5.91 Å². The molecule has 1 amide bonds. The van der Waals surface area contributed by atoms with Crippen LogP contribution < -0.4 is 10.6 Å². The van der Waals surface area contributed by atoms with Crippen molar-refractivity contribution in [3.05, 3.63) is 0 Å². The normalized spacial score (nSPS) is 23.4. The molecule has 2 aliphatic heterocycles. The summed E-state index contributed by atoms with van der Waals surface area (Å²) in [5.74, 6) is 0.204. The number of carbonyl (C=O) groups is 1. The summed E-state index contributed by atoms with van der Waals surface area (Å²) in [5.41, 5.74) is 0. The highest BCUT2D eigenvalue weighted by molar-refractivity contribution is 5.78. The van der Waals surface area contributed by atoms with Gasteiger partial charge >= 0.3 is 0 Å². The molecule has 0 atom stereocenters. The molecule has 19 heavy (non-hydrogen) atoms. The smallest absolute Gasteiger partial charge is 0.234 e. The van der Waals surface area contributed by atoms with Crippen LogP contribution in [-0.2, 0) is 4.79 Å². The fraction of sp³-hybridized carbons (Fsp3) is 0.929. The van der Waals surface area contributed by atoms with Crippen LogP contribution >= 0.6 is 0 Å². The van der Waals surface area contributed by atoms with Crippen molar-refractivity contribution in [3.63, 3.8) is 0 Å². The predicted molar refractivity (Wildman–Crippen MR) is 77.2 cm³/mol. The summed E-state index contributed by atoms with van der Waals surface area (Å²) < 4.78 is 0. The molecule has 110 valence electrons. The van der Waals surface area contributed by atoms with Crippen LogP contribution in [0.4, 0.5) is 0 Å². The summed E-state index contributed by atoms with van der Waals surface area (Å²) >= 11 is 0. The Morgan fingerprint density at radius 2 is 1.84 bits per heavy atom. The van der Waals surface area contributed by atoms with Crippen molar-refractivity contribution in [2.45, 2.75) is 32.2 Å². The molecule has 2 saturated heterocycles. The fourth-order valence-corrected chi connectivity index (χ4v) is 2.96. The van der Waals surface area contributed by atoms with Crippen molar-refractivity contribution in [2.24, 2.45) is 0 Å². The number of hydrogen-bond donors (Lipinski definition) is 2. The fourth-order valence-electron chi connectivity index (χ4n) is 2.96. The molecule has 2 N–H and O–H groups in total. The van der Waals surface area contributed by atoms with Gasteiger partial charge in [-0.3, -0.25) is 9.69 Å². The zero-order valence-electron chi connectivity index (χ0n) is 12.2. The molecule has 2 heterocycles. The molecule has 0 spiro atoms. The molecular formula is C14H28N4O. The van der Waals surface area contributed by atoms with E-state index in [1.165, 1.54) is 13.0 Å². The molecule has 5 nitrogen and oxygen atoms in total.